The maximum Gasteiger partial charge on any atom is 0.475 e. The van der Waals surface area contributed by atoms with Crippen LogP contribution in [0.1, 0.15) is 85.0 Å². The molecule has 1 aliphatic heterocycles. The molecule has 0 bridgehead atoms. The number of phosphoric acid groups is 1. The Bertz CT molecular complexity index is 813. The standard InChI is InChI=1S/C28H49O10P/c1-5-7-13-36-39(32,37-14-8-6-2)38-25-10-9-21(15-23(25)29)27-34-18-28(19-35-27)12-11-22(24(30)16-28)17-33-26(31)20(3)4/h21-25,27,29-30H,3,5-19H2,1-2,4H3. The summed E-state index contributed by atoms with van der Waals surface area (Å²) in [5, 5.41) is 21.6. The number of ether oxygens (including phenoxy) is 3. The van der Waals surface area contributed by atoms with Gasteiger partial charge in [-0.2, -0.15) is 0 Å². The molecule has 1 saturated heterocycles. The molecular formula is C28H49O10P. The Morgan fingerprint density at radius 2 is 1.67 bits per heavy atom. The van der Waals surface area contributed by atoms with Gasteiger partial charge in [0, 0.05) is 22.8 Å². The number of carbonyl (C=O) groups is 1. The van der Waals surface area contributed by atoms with Gasteiger partial charge < -0.3 is 24.4 Å². The molecule has 0 amide bonds. The molecule has 3 rings (SSSR count). The zero-order valence-corrected chi connectivity index (χ0v) is 24.8. The van der Waals surface area contributed by atoms with Gasteiger partial charge in [-0.25, -0.2) is 9.36 Å². The largest absolute Gasteiger partial charge is 0.475 e. The van der Waals surface area contributed by atoms with Crippen molar-refractivity contribution in [2.45, 2.75) is 110 Å². The van der Waals surface area contributed by atoms with Gasteiger partial charge in [-0.05, 0) is 58.3 Å². The summed E-state index contributed by atoms with van der Waals surface area (Å²) in [6.45, 7) is 10.9. The van der Waals surface area contributed by atoms with E-state index in [0.29, 0.717) is 50.9 Å². The molecular weight excluding hydrogens is 527 g/mol. The number of aliphatic hydroxyl groups excluding tert-OH is 2. The molecule has 10 nitrogen and oxygen atoms in total. The number of rotatable bonds is 14. The fourth-order valence-electron chi connectivity index (χ4n) is 5.46. The van der Waals surface area contributed by atoms with Crippen molar-refractivity contribution in [2.75, 3.05) is 33.0 Å². The fourth-order valence-corrected chi connectivity index (χ4v) is 6.94. The van der Waals surface area contributed by atoms with Crippen molar-refractivity contribution in [1.29, 1.82) is 0 Å². The number of unbranched alkanes of at least 4 members (excludes halogenated alkanes) is 2. The summed E-state index contributed by atoms with van der Waals surface area (Å²) >= 11 is 0. The van der Waals surface area contributed by atoms with Gasteiger partial charge in [-0.1, -0.05) is 33.3 Å². The SMILES string of the molecule is C=C(C)C(=O)OCC1CCC2(COC(C3CCC(OP(=O)(OCCCC)OCCCC)C(O)C3)OC2)CC1O. The lowest BCUT2D eigenvalue weighted by atomic mass is 9.69. The van der Waals surface area contributed by atoms with E-state index in [-0.39, 0.29) is 37.1 Å². The molecule has 5 atom stereocenters. The molecule has 0 aromatic rings. The van der Waals surface area contributed by atoms with Gasteiger partial charge in [-0.3, -0.25) is 13.6 Å². The summed E-state index contributed by atoms with van der Waals surface area (Å²) in [6.07, 6.45) is 4.35. The minimum atomic E-state index is -3.76. The van der Waals surface area contributed by atoms with Gasteiger partial charge in [0.05, 0.1) is 51.3 Å². The Balaban J connectivity index is 1.45. The summed E-state index contributed by atoms with van der Waals surface area (Å²) in [6, 6.07) is 0. The monoisotopic (exact) mass is 576 g/mol. The second-order valence-corrected chi connectivity index (χ2v) is 13.2. The minimum Gasteiger partial charge on any atom is -0.462 e. The molecule has 1 spiro atoms. The summed E-state index contributed by atoms with van der Waals surface area (Å²) in [7, 11) is -3.76. The molecule has 226 valence electrons. The lowest BCUT2D eigenvalue weighted by Crippen LogP contribution is -2.51. The summed E-state index contributed by atoms with van der Waals surface area (Å²) in [4.78, 5) is 11.7. The van der Waals surface area contributed by atoms with Gasteiger partial charge in [0.25, 0.3) is 0 Å². The molecule has 11 heteroatoms. The Hall–Kier alpha value is -0.840. The maximum atomic E-state index is 13.2. The first kappa shape index (κ1) is 32.7. The molecule has 5 unspecified atom stereocenters. The van der Waals surface area contributed by atoms with E-state index in [1.165, 1.54) is 0 Å². The summed E-state index contributed by atoms with van der Waals surface area (Å²) in [5.74, 6) is -0.579. The number of phosphoric ester groups is 1. The predicted octanol–water partition coefficient (Wildman–Crippen LogP) is 4.91. The van der Waals surface area contributed by atoms with E-state index in [2.05, 4.69) is 6.58 Å². The Morgan fingerprint density at radius 1 is 1.03 bits per heavy atom. The van der Waals surface area contributed by atoms with Crippen LogP contribution in [0.4, 0.5) is 0 Å². The van der Waals surface area contributed by atoms with Crippen molar-refractivity contribution < 1.29 is 47.4 Å². The van der Waals surface area contributed by atoms with Gasteiger partial charge in [0.15, 0.2) is 6.29 Å². The highest BCUT2D eigenvalue weighted by Crippen LogP contribution is 2.53. The van der Waals surface area contributed by atoms with Crippen LogP contribution >= 0.6 is 7.82 Å². The third-order valence-corrected chi connectivity index (χ3v) is 9.58. The van der Waals surface area contributed by atoms with Crippen LogP contribution in [0.3, 0.4) is 0 Å². The highest BCUT2D eigenvalue weighted by molar-refractivity contribution is 7.48. The molecule has 1 heterocycles. The Kier molecular flexibility index (Phi) is 12.9. The van der Waals surface area contributed by atoms with Crippen molar-refractivity contribution in [2.24, 2.45) is 17.3 Å². The quantitative estimate of drug-likeness (QED) is 0.127. The van der Waals surface area contributed by atoms with Crippen molar-refractivity contribution >= 4 is 13.8 Å². The fraction of sp³-hybridized carbons (Fsp3) is 0.893. The van der Waals surface area contributed by atoms with Gasteiger partial charge in [0.1, 0.15) is 0 Å². The number of carbonyl (C=O) groups excluding carboxylic acids is 1. The van der Waals surface area contributed by atoms with Gasteiger partial charge >= 0.3 is 13.8 Å². The summed E-state index contributed by atoms with van der Waals surface area (Å²) in [5.41, 5.74) is 0.0689. The first-order valence-corrected chi connectivity index (χ1v) is 16.1. The lowest BCUT2D eigenvalue weighted by Gasteiger charge is -2.48. The predicted molar refractivity (Wildman–Crippen MR) is 145 cm³/mol. The van der Waals surface area contributed by atoms with Crippen LogP contribution in [0.25, 0.3) is 0 Å². The molecule has 0 radical (unpaired) electrons. The zero-order chi connectivity index (χ0) is 28.5. The molecule has 2 aliphatic carbocycles. The summed E-state index contributed by atoms with van der Waals surface area (Å²) < 4.78 is 47.6. The van der Waals surface area contributed by atoms with E-state index in [4.69, 9.17) is 27.8 Å². The number of aliphatic hydroxyl groups is 2. The molecule has 3 aliphatic rings. The smallest absolute Gasteiger partial charge is 0.462 e. The van der Waals surface area contributed by atoms with Crippen LogP contribution in [-0.4, -0.2) is 73.8 Å². The number of hydrogen-bond donors (Lipinski definition) is 2. The minimum absolute atomic E-state index is 0.0265. The van der Waals surface area contributed by atoms with E-state index in [1.807, 2.05) is 13.8 Å². The Morgan fingerprint density at radius 3 is 2.21 bits per heavy atom. The van der Waals surface area contributed by atoms with Crippen molar-refractivity contribution in [3.05, 3.63) is 12.2 Å². The van der Waals surface area contributed by atoms with Crippen LogP contribution in [0, 0.1) is 17.3 Å². The first-order valence-electron chi connectivity index (χ1n) is 14.6. The third-order valence-electron chi connectivity index (χ3n) is 8.06. The van der Waals surface area contributed by atoms with Gasteiger partial charge in [-0.15, -0.1) is 0 Å². The van der Waals surface area contributed by atoms with E-state index < -0.39 is 38.4 Å². The van der Waals surface area contributed by atoms with Crippen molar-refractivity contribution in [3.8, 4) is 0 Å². The zero-order valence-electron chi connectivity index (χ0n) is 23.9. The number of esters is 1. The molecule has 2 saturated carbocycles. The second-order valence-electron chi connectivity index (χ2n) is 11.5. The highest BCUT2D eigenvalue weighted by Gasteiger charge is 2.47. The molecule has 3 fully saturated rings. The van der Waals surface area contributed by atoms with E-state index in [0.717, 1.165) is 32.1 Å². The highest BCUT2D eigenvalue weighted by atomic mass is 31.2. The molecule has 2 N–H and O–H groups in total. The van der Waals surface area contributed by atoms with Crippen LogP contribution < -0.4 is 0 Å². The lowest BCUT2D eigenvalue weighted by molar-refractivity contribution is -0.270. The third kappa shape index (κ3) is 9.60. The maximum absolute atomic E-state index is 13.2. The average Bonchev–Trinajstić information content (AvgIpc) is 2.90. The second kappa shape index (κ2) is 15.4. The van der Waals surface area contributed by atoms with E-state index in [1.54, 1.807) is 6.92 Å². The first-order chi connectivity index (χ1) is 18.6. The topological polar surface area (TPSA) is 130 Å². The van der Waals surface area contributed by atoms with Crippen molar-refractivity contribution in [1.82, 2.24) is 0 Å². The average molecular weight is 577 g/mol. The molecule has 0 aromatic carbocycles. The van der Waals surface area contributed by atoms with E-state index in [9.17, 15) is 19.6 Å². The van der Waals surface area contributed by atoms with Gasteiger partial charge in [0.2, 0.25) is 0 Å². The normalized spacial score (nSPS) is 33.7. The molecule has 0 aromatic heterocycles. The van der Waals surface area contributed by atoms with Crippen LogP contribution in [-0.2, 0) is 37.1 Å². The Labute approximate surface area is 233 Å². The van der Waals surface area contributed by atoms with Crippen LogP contribution in [0.15, 0.2) is 12.2 Å². The molecule has 39 heavy (non-hydrogen) atoms. The van der Waals surface area contributed by atoms with E-state index >= 15 is 0 Å². The van der Waals surface area contributed by atoms with Crippen LogP contribution in [0.5, 0.6) is 0 Å². The van der Waals surface area contributed by atoms with Crippen LogP contribution in [0.2, 0.25) is 0 Å². The van der Waals surface area contributed by atoms with Crippen molar-refractivity contribution in [3.63, 3.8) is 0 Å². The number of hydrogen-bond acceptors (Lipinski definition) is 10.